The average Bonchev–Trinajstić information content (AvgIpc) is 2.40. The first kappa shape index (κ1) is 14.2. The Labute approximate surface area is 118 Å². The second kappa shape index (κ2) is 6.29. The van der Waals surface area contributed by atoms with Gasteiger partial charge in [0.15, 0.2) is 0 Å². The zero-order valence-electron chi connectivity index (χ0n) is 11.1. The van der Waals surface area contributed by atoms with Crippen molar-refractivity contribution in [3.8, 4) is 5.75 Å². The molecule has 0 spiro atoms. The number of hydrogen-bond acceptors (Lipinski definition) is 2. The highest BCUT2D eigenvalue weighted by Crippen LogP contribution is 2.40. The van der Waals surface area contributed by atoms with E-state index in [9.17, 15) is 9.90 Å². The SMILES string of the molecule is COc1ccc(Cl)cc1C(C(=O)O)C1CCCCC1. The smallest absolute Gasteiger partial charge is 0.311 e. The maximum absolute atomic E-state index is 11.7. The highest BCUT2D eigenvalue weighted by molar-refractivity contribution is 6.30. The summed E-state index contributed by atoms with van der Waals surface area (Å²) in [5.41, 5.74) is 0.703. The van der Waals surface area contributed by atoms with Crippen LogP contribution in [0.5, 0.6) is 5.75 Å². The lowest BCUT2D eigenvalue weighted by molar-refractivity contribution is -0.140. The molecule has 2 rings (SSSR count). The highest BCUT2D eigenvalue weighted by atomic mass is 35.5. The molecule has 1 aliphatic rings. The number of carboxylic acids is 1. The first-order valence-electron chi connectivity index (χ1n) is 6.69. The molecule has 104 valence electrons. The Bertz CT molecular complexity index is 453. The first-order valence-corrected chi connectivity index (χ1v) is 7.07. The van der Waals surface area contributed by atoms with E-state index in [4.69, 9.17) is 16.3 Å². The minimum Gasteiger partial charge on any atom is -0.496 e. The zero-order chi connectivity index (χ0) is 13.8. The van der Waals surface area contributed by atoms with Crippen molar-refractivity contribution in [3.63, 3.8) is 0 Å². The molecule has 0 bridgehead atoms. The standard InChI is InChI=1S/C15H19ClO3/c1-19-13-8-7-11(16)9-12(13)14(15(17)18)10-5-3-2-4-6-10/h7-10,14H,2-6H2,1H3,(H,17,18). The third kappa shape index (κ3) is 3.21. The van der Waals surface area contributed by atoms with Crippen LogP contribution >= 0.6 is 11.6 Å². The molecule has 1 N–H and O–H groups in total. The van der Waals surface area contributed by atoms with E-state index in [1.54, 1.807) is 25.3 Å². The molecule has 0 saturated heterocycles. The van der Waals surface area contributed by atoms with Crippen molar-refractivity contribution in [1.29, 1.82) is 0 Å². The molecular formula is C15H19ClO3. The molecule has 19 heavy (non-hydrogen) atoms. The van der Waals surface area contributed by atoms with E-state index < -0.39 is 11.9 Å². The van der Waals surface area contributed by atoms with E-state index >= 15 is 0 Å². The largest absolute Gasteiger partial charge is 0.496 e. The van der Waals surface area contributed by atoms with Crippen molar-refractivity contribution in [2.75, 3.05) is 7.11 Å². The number of methoxy groups -OCH3 is 1. The molecule has 0 heterocycles. The summed E-state index contributed by atoms with van der Waals surface area (Å²) < 4.78 is 5.30. The Morgan fingerprint density at radius 1 is 1.37 bits per heavy atom. The summed E-state index contributed by atoms with van der Waals surface area (Å²) in [6, 6.07) is 5.20. The Balaban J connectivity index is 2.37. The van der Waals surface area contributed by atoms with Crippen LogP contribution in [0.3, 0.4) is 0 Å². The normalized spacial score (nSPS) is 18.0. The van der Waals surface area contributed by atoms with Crippen LogP contribution < -0.4 is 4.74 Å². The van der Waals surface area contributed by atoms with E-state index in [1.807, 2.05) is 0 Å². The number of carboxylic acid groups (broad SMARTS) is 1. The molecule has 1 fully saturated rings. The summed E-state index contributed by atoms with van der Waals surface area (Å²) in [7, 11) is 1.56. The van der Waals surface area contributed by atoms with Crippen molar-refractivity contribution < 1.29 is 14.6 Å². The fraction of sp³-hybridized carbons (Fsp3) is 0.533. The summed E-state index contributed by atoms with van der Waals surface area (Å²) >= 11 is 6.01. The molecule has 1 aromatic rings. The van der Waals surface area contributed by atoms with E-state index in [-0.39, 0.29) is 5.92 Å². The monoisotopic (exact) mass is 282 g/mol. The van der Waals surface area contributed by atoms with Crippen molar-refractivity contribution in [1.82, 2.24) is 0 Å². The number of halogens is 1. The zero-order valence-corrected chi connectivity index (χ0v) is 11.8. The topological polar surface area (TPSA) is 46.5 Å². The predicted octanol–water partition coefficient (Wildman–Crippen LogP) is 4.10. The number of hydrogen-bond donors (Lipinski definition) is 1. The van der Waals surface area contributed by atoms with Crippen molar-refractivity contribution in [3.05, 3.63) is 28.8 Å². The van der Waals surface area contributed by atoms with Crippen LogP contribution in [0.4, 0.5) is 0 Å². The molecule has 1 atom stereocenters. The second-order valence-electron chi connectivity index (χ2n) is 5.10. The molecule has 0 aliphatic heterocycles. The van der Waals surface area contributed by atoms with Gasteiger partial charge in [0.25, 0.3) is 0 Å². The summed E-state index contributed by atoms with van der Waals surface area (Å²) in [5, 5.41) is 10.1. The first-order chi connectivity index (χ1) is 9.13. The lowest BCUT2D eigenvalue weighted by Crippen LogP contribution is -2.24. The van der Waals surface area contributed by atoms with Crippen LogP contribution in [0.1, 0.15) is 43.6 Å². The van der Waals surface area contributed by atoms with Crippen LogP contribution in [0.25, 0.3) is 0 Å². The number of rotatable bonds is 4. The van der Waals surface area contributed by atoms with E-state index in [0.29, 0.717) is 16.3 Å². The maximum atomic E-state index is 11.7. The van der Waals surface area contributed by atoms with Gasteiger partial charge in [-0.3, -0.25) is 4.79 Å². The average molecular weight is 283 g/mol. The molecule has 1 saturated carbocycles. The molecule has 0 amide bonds. The van der Waals surface area contributed by atoms with Gasteiger partial charge in [-0.1, -0.05) is 30.9 Å². The van der Waals surface area contributed by atoms with Gasteiger partial charge < -0.3 is 9.84 Å². The van der Waals surface area contributed by atoms with Crippen LogP contribution in [-0.2, 0) is 4.79 Å². The van der Waals surface area contributed by atoms with Crippen molar-refractivity contribution >= 4 is 17.6 Å². The quantitative estimate of drug-likeness (QED) is 0.904. The molecule has 4 heteroatoms. The van der Waals surface area contributed by atoms with Gasteiger partial charge >= 0.3 is 5.97 Å². The lowest BCUT2D eigenvalue weighted by Gasteiger charge is -2.28. The Hall–Kier alpha value is -1.22. The molecule has 1 aromatic carbocycles. The van der Waals surface area contributed by atoms with E-state index in [2.05, 4.69) is 0 Å². The fourth-order valence-electron chi connectivity index (χ4n) is 3.00. The second-order valence-corrected chi connectivity index (χ2v) is 5.54. The maximum Gasteiger partial charge on any atom is 0.311 e. The van der Waals surface area contributed by atoms with Crippen LogP contribution in [-0.4, -0.2) is 18.2 Å². The van der Waals surface area contributed by atoms with Gasteiger partial charge in [-0.05, 0) is 37.0 Å². The molecule has 1 aliphatic carbocycles. The lowest BCUT2D eigenvalue weighted by atomic mass is 9.76. The number of benzene rings is 1. The number of ether oxygens (including phenoxy) is 1. The van der Waals surface area contributed by atoms with Gasteiger partial charge in [-0.15, -0.1) is 0 Å². The van der Waals surface area contributed by atoms with Crippen LogP contribution in [0, 0.1) is 5.92 Å². The molecule has 0 radical (unpaired) electrons. The minimum absolute atomic E-state index is 0.179. The van der Waals surface area contributed by atoms with Gasteiger partial charge in [0.2, 0.25) is 0 Å². The Kier molecular flexibility index (Phi) is 4.70. The van der Waals surface area contributed by atoms with Crippen LogP contribution in [0.15, 0.2) is 18.2 Å². The Morgan fingerprint density at radius 3 is 2.63 bits per heavy atom. The van der Waals surface area contributed by atoms with Gasteiger partial charge in [-0.25, -0.2) is 0 Å². The fourth-order valence-corrected chi connectivity index (χ4v) is 3.18. The summed E-state index contributed by atoms with van der Waals surface area (Å²) in [6.45, 7) is 0. The van der Waals surface area contributed by atoms with Gasteiger partial charge in [0, 0.05) is 10.6 Å². The Morgan fingerprint density at radius 2 is 2.05 bits per heavy atom. The third-order valence-electron chi connectivity index (χ3n) is 3.91. The summed E-state index contributed by atoms with van der Waals surface area (Å²) in [4.78, 5) is 11.7. The van der Waals surface area contributed by atoms with E-state index in [0.717, 1.165) is 25.7 Å². The summed E-state index contributed by atoms with van der Waals surface area (Å²) in [5.74, 6) is -0.512. The summed E-state index contributed by atoms with van der Waals surface area (Å²) in [6.07, 6.45) is 5.35. The van der Waals surface area contributed by atoms with Crippen molar-refractivity contribution in [2.24, 2.45) is 5.92 Å². The molecule has 3 nitrogen and oxygen atoms in total. The number of carbonyl (C=O) groups is 1. The molecule has 1 unspecified atom stereocenters. The van der Waals surface area contributed by atoms with Crippen molar-refractivity contribution in [2.45, 2.75) is 38.0 Å². The van der Waals surface area contributed by atoms with Gasteiger partial charge in [0.1, 0.15) is 5.75 Å². The predicted molar refractivity (Wildman–Crippen MR) is 75.0 cm³/mol. The van der Waals surface area contributed by atoms with E-state index in [1.165, 1.54) is 6.42 Å². The molecule has 0 aromatic heterocycles. The number of aliphatic carboxylic acids is 1. The van der Waals surface area contributed by atoms with Gasteiger partial charge in [-0.2, -0.15) is 0 Å². The third-order valence-corrected chi connectivity index (χ3v) is 4.15. The molecular weight excluding hydrogens is 264 g/mol. The van der Waals surface area contributed by atoms with Gasteiger partial charge in [0.05, 0.1) is 13.0 Å². The van der Waals surface area contributed by atoms with Crippen LogP contribution in [0.2, 0.25) is 5.02 Å². The highest BCUT2D eigenvalue weighted by Gasteiger charge is 2.33. The minimum atomic E-state index is -0.785.